The van der Waals surface area contributed by atoms with Crippen LogP contribution in [-0.2, 0) is 22.5 Å². The minimum atomic E-state index is -0.229. The van der Waals surface area contributed by atoms with Crippen LogP contribution >= 0.6 is 0 Å². The van der Waals surface area contributed by atoms with Crippen LogP contribution in [0.2, 0.25) is 0 Å². The molecule has 1 rings (SSSR count). The van der Waals surface area contributed by atoms with Crippen LogP contribution < -0.4 is 10.1 Å². The second-order valence-electron chi connectivity index (χ2n) is 3.66. The molecule has 0 aromatic heterocycles. The smallest absolute Gasteiger partial charge is 0.310 e. The predicted molar refractivity (Wildman–Crippen MR) is 66.1 cm³/mol. The Hall–Kier alpha value is -1.55. The zero-order valence-corrected chi connectivity index (χ0v) is 10.6. The lowest BCUT2D eigenvalue weighted by molar-refractivity contribution is -0.142. The molecule has 1 aromatic carbocycles. The summed E-state index contributed by atoms with van der Waals surface area (Å²) in [5.74, 6) is 0.491. The highest BCUT2D eigenvalue weighted by Crippen LogP contribution is 2.20. The van der Waals surface area contributed by atoms with E-state index < -0.39 is 0 Å². The van der Waals surface area contributed by atoms with Crippen LogP contribution in [0.25, 0.3) is 0 Å². The second kappa shape index (κ2) is 6.91. The standard InChI is InChI=1S/C13H19NO3/c1-4-17-13(15)8-11-7-10(9-14-2)5-6-12(11)16-3/h5-7,14H,4,8-9H2,1-3H3. The van der Waals surface area contributed by atoms with Gasteiger partial charge in [-0.2, -0.15) is 0 Å². The molecule has 94 valence electrons. The highest BCUT2D eigenvalue weighted by atomic mass is 16.5. The number of hydrogen-bond acceptors (Lipinski definition) is 4. The third-order valence-corrected chi connectivity index (χ3v) is 2.37. The number of ether oxygens (including phenoxy) is 2. The first-order valence-corrected chi connectivity index (χ1v) is 5.67. The molecule has 17 heavy (non-hydrogen) atoms. The van der Waals surface area contributed by atoms with E-state index in [2.05, 4.69) is 5.32 Å². The number of esters is 1. The van der Waals surface area contributed by atoms with Gasteiger partial charge in [-0.15, -0.1) is 0 Å². The van der Waals surface area contributed by atoms with Crippen molar-refractivity contribution in [2.45, 2.75) is 19.9 Å². The average molecular weight is 237 g/mol. The lowest BCUT2D eigenvalue weighted by Crippen LogP contribution is -2.10. The summed E-state index contributed by atoms with van der Waals surface area (Å²) in [6.45, 7) is 2.96. The maximum atomic E-state index is 11.5. The number of hydrogen-bond donors (Lipinski definition) is 1. The van der Waals surface area contributed by atoms with Crippen LogP contribution in [0.15, 0.2) is 18.2 Å². The first-order chi connectivity index (χ1) is 8.21. The Balaban J connectivity index is 2.85. The van der Waals surface area contributed by atoms with Gasteiger partial charge in [0.15, 0.2) is 0 Å². The molecule has 0 aliphatic rings. The Morgan fingerprint density at radius 3 is 2.76 bits per heavy atom. The molecule has 0 saturated carbocycles. The van der Waals surface area contributed by atoms with Crippen LogP contribution in [0, 0.1) is 0 Å². The molecule has 0 unspecified atom stereocenters. The molecule has 0 saturated heterocycles. The topological polar surface area (TPSA) is 47.6 Å². The molecule has 0 heterocycles. The quantitative estimate of drug-likeness (QED) is 0.762. The molecule has 0 aliphatic carbocycles. The molecule has 0 amide bonds. The van der Waals surface area contributed by atoms with Gasteiger partial charge in [0.25, 0.3) is 0 Å². The SMILES string of the molecule is CCOC(=O)Cc1cc(CNC)ccc1OC. The number of nitrogens with one attached hydrogen (secondary N) is 1. The van der Waals surface area contributed by atoms with Crippen molar-refractivity contribution in [2.75, 3.05) is 20.8 Å². The molecule has 0 aliphatic heterocycles. The highest BCUT2D eigenvalue weighted by molar-refractivity contribution is 5.73. The summed E-state index contributed by atoms with van der Waals surface area (Å²) in [4.78, 5) is 11.5. The molecular formula is C13H19NO3. The minimum Gasteiger partial charge on any atom is -0.496 e. The van der Waals surface area contributed by atoms with Gasteiger partial charge in [-0.05, 0) is 25.6 Å². The predicted octanol–water partition coefficient (Wildman–Crippen LogP) is 1.52. The van der Waals surface area contributed by atoms with E-state index in [9.17, 15) is 4.79 Å². The summed E-state index contributed by atoms with van der Waals surface area (Å²) < 4.78 is 10.2. The number of carbonyl (C=O) groups excluding carboxylic acids is 1. The minimum absolute atomic E-state index is 0.229. The van der Waals surface area contributed by atoms with Crippen molar-refractivity contribution in [2.24, 2.45) is 0 Å². The van der Waals surface area contributed by atoms with Crippen molar-refractivity contribution in [1.82, 2.24) is 5.32 Å². The zero-order chi connectivity index (χ0) is 12.7. The van der Waals surface area contributed by atoms with Gasteiger partial charge in [-0.3, -0.25) is 4.79 Å². The van der Waals surface area contributed by atoms with Crippen molar-refractivity contribution in [3.05, 3.63) is 29.3 Å². The van der Waals surface area contributed by atoms with E-state index in [1.165, 1.54) is 0 Å². The van der Waals surface area contributed by atoms with Gasteiger partial charge in [0.2, 0.25) is 0 Å². The zero-order valence-electron chi connectivity index (χ0n) is 10.6. The van der Waals surface area contributed by atoms with E-state index in [0.29, 0.717) is 6.61 Å². The molecule has 0 fully saturated rings. The van der Waals surface area contributed by atoms with Crippen molar-refractivity contribution >= 4 is 5.97 Å². The van der Waals surface area contributed by atoms with Crippen molar-refractivity contribution in [3.8, 4) is 5.75 Å². The van der Waals surface area contributed by atoms with E-state index >= 15 is 0 Å². The summed E-state index contributed by atoms with van der Waals surface area (Å²) in [5.41, 5.74) is 1.98. The average Bonchev–Trinajstić information content (AvgIpc) is 2.30. The van der Waals surface area contributed by atoms with Gasteiger partial charge in [0, 0.05) is 12.1 Å². The lowest BCUT2D eigenvalue weighted by Gasteiger charge is -2.10. The number of rotatable bonds is 6. The molecule has 0 radical (unpaired) electrons. The molecule has 1 N–H and O–H groups in total. The summed E-state index contributed by atoms with van der Waals surface area (Å²) in [6, 6.07) is 5.82. The van der Waals surface area contributed by atoms with Crippen molar-refractivity contribution < 1.29 is 14.3 Å². The summed E-state index contributed by atoms with van der Waals surface area (Å²) in [5, 5.41) is 3.07. The van der Waals surface area contributed by atoms with Crippen LogP contribution in [0.4, 0.5) is 0 Å². The van der Waals surface area contributed by atoms with E-state index in [1.54, 1.807) is 14.0 Å². The van der Waals surface area contributed by atoms with Gasteiger partial charge in [0.1, 0.15) is 5.75 Å². The Bertz CT molecular complexity index is 377. The Kier molecular flexibility index (Phi) is 5.49. The number of carbonyl (C=O) groups is 1. The van der Waals surface area contributed by atoms with Gasteiger partial charge >= 0.3 is 5.97 Å². The Morgan fingerprint density at radius 2 is 2.18 bits per heavy atom. The molecule has 1 aromatic rings. The van der Waals surface area contributed by atoms with Gasteiger partial charge in [-0.25, -0.2) is 0 Å². The van der Waals surface area contributed by atoms with Crippen molar-refractivity contribution in [1.29, 1.82) is 0 Å². The maximum absolute atomic E-state index is 11.5. The second-order valence-corrected chi connectivity index (χ2v) is 3.66. The third-order valence-electron chi connectivity index (χ3n) is 2.37. The summed E-state index contributed by atoms with van der Waals surface area (Å²) in [6.07, 6.45) is 0.245. The highest BCUT2D eigenvalue weighted by Gasteiger charge is 2.10. The fourth-order valence-electron chi connectivity index (χ4n) is 1.65. The third kappa shape index (κ3) is 4.07. The van der Waals surface area contributed by atoms with Crippen LogP contribution in [0.3, 0.4) is 0 Å². The van der Waals surface area contributed by atoms with Gasteiger partial charge in [0.05, 0.1) is 20.1 Å². The fraction of sp³-hybridized carbons (Fsp3) is 0.462. The molecule has 0 bridgehead atoms. The van der Waals surface area contributed by atoms with E-state index in [1.807, 2.05) is 25.2 Å². The normalized spacial score (nSPS) is 10.1. The Morgan fingerprint density at radius 1 is 1.41 bits per heavy atom. The molecule has 4 heteroatoms. The van der Waals surface area contributed by atoms with E-state index in [0.717, 1.165) is 23.4 Å². The monoisotopic (exact) mass is 237 g/mol. The van der Waals surface area contributed by atoms with Crippen molar-refractivity contribution in [3.63, 3.8) is 0 Å². The van der Waals surface area contributed by atoms with Crippen LogP contribution in [0.5, 0.6) is 5.75 Å². The summed E-state index contributed by atoms with van der Waals surface area (Å²) in [7, 11) is 3.48. The Labute approximate surface area is 102 Å². The maximum Gasteiger partial charge on any atom is 0.310 e. The number of benzene rings is 1. The first kappa shape index (κ1) is 13.5. The van der Waals surface area contributed by atoms with Gasteiger partial charge < -0.3 is 14.8 Å². The fourth-order valence-corrected chi connectivity index (χ4v) is 1.65. The number of methoxy groups -OCH3 is 1. The molecule has 0 atom stereocenters. The molecule has 0 spiro atoms. The first-order valence-electron chi connectivity index (χ1n) is 5.67. The lowest BCUT2D eigenvalue weighted by atomic mass is 10.1. The van der Waals surface area contributed by atoms with Crippen LogP contribution in [-0.4, -0.2) is 26.7 Å². The van der Waals surface area contributed by atoms with E-state index in [4.69, 9.17) is 9.47 Å². The van der Waals surface area contributed by atoms with E-state index in [-0.39, 0.29) is 12.4 Å². The van der Waals surface area contributed by atoms with Crippen LogP contribution in [0.1, 0.15) is 18.1 Å². The molecular weight excluding hydrogens is 218 g/mol. The molecule has 4 nitrogen and oxygen atoms in total. The summed E-state index contributed by atoms with van der Waals surface area (Å²) >= 11 is 0. The largest absolute Gasteiger partial charge is 0.496 e. The van der Waals surface area contributed by atoms with Gasteiger partial charge in [-0.1, -0.05) is 12.1 Å².